The molecule has 1 unspecified atom stereocenters. The Morgan fingerprint density at radius 1 is 1.33 bits per heavy atom. The van der Waals surface area contributed by atoms with Gasteiger partial charge in [-0.2, -0.15) is 0 Å². The van der Waals surface area contributed by atoms with Crippen LogP contribution in [0, 0.1) is 0 Å². The summed E-state index contributed by atoms with van der Waals surface area (Å²) in [6, 6.07) is 9.08. The van der Waals surface area contributed by atoms with Crippen LogP contribution in [0.25, 0.3) is 6.08 Å². The highest BCUT2D eigenvalue weighted by atomic mass is 16.5. The van der Waals surface area contributed by atoms with Crippen molar-refractivity contribution in [2.75, 3.05) is 20.8 Å². The number of carbonyl (C=O) groups is 1. The molecule has 1 heterocycles. The molecule has 128 valence electrons. The van der Waals surface area contributed by atoms with E-state index in [0.29, 0.717) is 11.5 Å². The van der Waals surface area contributed by atoms with Crippen LogP contribution in [0.2, 0.25) is 0 Å². The molecular weight excluding hydrogens is 306 g/mol. The maximum absolute atomic E-state index is 12.3. The Balaban J connectivity index is 2.00. The van der Waals surface area contributed by atoms with E-state index in [4.69, 9.17) is 13.9 Å². The van der Waals surface area contributed by atoms with Gasteiger partial charge in [0.25, 0.3) is 5.91 Å². The first-order valence-corrected chi connectivity index (χ1v) is 7.79. The van der Waals surface area contributed by atoms with Crippen LogP contribution in [-0.2, 0) is 4.79 Å². The van der Waals surface area contributed by atoms with Crippen molar-refractivity contribution in [1.82, 2.24) is 4.90 Å². The first-order chi connectivity index (χ1) is 11.6. The van der Waals surface area contributed by atoms with E-state index in [9.17, 15) is 4.79 Å². The van der Waals surface area contributed by atoms with Crippen LogP contribution < -0.4 is 9.47 Å². The highest BCUT2D eigenvalue weighted by molar-refractivity contribution is 5.78. The SMILES string of the molecule is C/C=C/c1ccc(OCC(=O)N(C)C(C)c2ccco2)c(OC)c1. The number of ether oxygens (including phenoxy) is 2. The zero-order valence-corrected chi connectivity index (χ0v) is 14.5. The van der Waals surface area contributed by atoms with Crippen molar-refractivity contribution in [3.05, 3.63) is 54.0 Å². The molecule has 2 aromatic rings. The van der Waals surface area contributed by atoms with Crippen LogP contribution in [0.1, 0.15) is 31.2 Å². The average Bonchev–Trinajstić information content (AvgIpc) is 3.13. The molecule has 24 heavy (non-hydrogen) atoms. The number of carbonyl (C=O) groups excluding carboxylic acids is 1. The Bertz CT molecular complexity index is 691. The van der Waals surface area contributed by atoms with Crippen LogP contribution in [-0.4, -0.2) is 31.6 Å². The molecule has 0 bridgehead atoms. The van der Waals surface area contributed by atoms with Crippen molar-refractivity contribution in [2.45, 2.75) is 19.9 Å². The van der Waals surface area contributed by atoms with Crippen LogP contribution >= 0.6 is 0 Å². The molecule has 1 amide bonds. The second-order valence-corrected chi connectivity index (χ2v) is 5.40. The van der Waals surface area contributed by atoms with Crippen LogP contribution in [0.4, 0.5) is 0 Å². The highest BCUT2D eigenvalue weighted by Crippen LogP contribution is 2.29. The molecule has 0 saturated carbocycles. The normalized spacial score (nSPS) is 12.2. The summed E-state index contributed by atoms with van der Waals surface area (Å²) in [5, 5.41) is 0. The molecule has 0 aliphatic rings. The molecular formula is C19H23NO4. The lowest BCUT2D eigenvalue weighted by Crippen LogP contribution is -2.33. The van der Waals surface area contributed by atoms with Crippen molar-refractivity contribution in [2.24, 2.45) is 0 Å². The van der Waals surface area contributed by atoms with Gasteiger partial charge in [0.2, 0.25) is 0 Å². The van der Waals surface area contributed by atoms with Gasteiger partial charge in [-0.05, 0) is 43.7 Å². The van der Waals surface area contributed by atoms with Gasteiger partial charge < -0.3 is 18.8 Å². The number of hydrogen-bond acceptors (Lipinski definition) is 4. The van der Waals surface area contributed by atoms with Gasteiger partial charge in [0.15, 0.2) is 18.1 Å². The van der Waals surface area contributed by atoms with Gasteiger partial charge in [-0.3, -0.25) is 4.79 Å². The van der Waals surface area contributed by atoms with Gasteiger partial charge in [-0.1, -0.05) is 18.2 Å². The van der Waals surface area contributed by atoms with E-state index in [1.807, 2.05) is 44.2 Å². The van der Waals surface area contributed by atoms with Crippen molar-refractivity contribution >= 4 is 12.0 Å². The molecule has 0 radical (unpaired) electrons. The number of methoxy groups -OCH3 is 1. The number of hydrogen-bond donors (Lipinski definition) is 0. The predicted octanol–water partition coefficient (Wildman–Crippen LogP) is 3.92. The maximum Gasteiger partial charge on any atom is 0.260 e. The third-order valence-electron chi connectivity index (χ3n) is 3.83. The summed E-state index contributed by atoms with van der Waals surface area (Å²) >= 11 is 0. The van der Waals surface area contributed by atoms with Gasteiger partial charge in [0.1, 0.15) is 5.76 Å². The lowest BCUT2D eigenvalue weighted by atomic mass is 10.2. The Morgan fingerprint density at radius 3 is 2.75 bits per heavy atom. The summed E-state index contributed by atoms with van der Waals surface area (Å²) in [7, 11) is 3.31. The summed E-state index contributed by atoms with van der Waals surface area (Å²) in [6.45, 7) is 3.79. The summed E-state index contributed by atoms with van der Waals surface area (Å²) < 4.78 is 16.3. The Kier molecular flexibility index (Phi) is 6.07. The molecule has 0 N–H and O–H groups in total. The molecule has 1 aromatic carbocycles. The molecule has 5 nitrogen and oxygen atoms in total. The summed E-state index contributed by atoms with van der Waals surface area (Å²) in [5.74, 6) is 1.73. The number of amides is 1. The Morgan fingerprint density at radius 2 is 2.12 bits per heavy atom. The van der Waals surface area contributed by atoms with Gasteiger partial charge in [-0.15, -0.1) is 0 Å². The topological polar surface area (TPSA) is 51.9 Å². The van der Waals surface area contributed by atoms with Gasteiger partial charge >= 0.3 is 0 Å². The van der Waals surface area contributed by atoms with Crippen molar-refractivity contribution in [3.63, 3.8) is 0 Å². The fourth-order valence-electron chi connectivity index (χ4n) is 2.28. The van der Waals surface area contributed by atoms with E-state index in [-0.39, 0.29) is 18.6 Å². The first kappa shape index (κ1) is 17.7. The van der Waals surface area contributed by atoms with Gasteiger partial charge in [0.05, 0.1) is 19.4 Å². The second kappa shape index (κ2) is 8.24. The third kappa shape index (κ3) is 4.19. The summed E-state index contributed by atoms with van der Waals surface area (Å²) in [6.07, 6.45) is 5.51. The van der Waals surface area contributed by atoms with E-state index >= 15 is 0 Å². The van der Waals surface area contributed by atoms with E-state index in [1.54, 1.807) is 37.5 Å². The third-order valence-corrected chi connectivity index (χ3v) is 3.83. The molecule has 0 aliphatic heterocycles. The molecule has 1 atom stereocenters. The molecule has 0 spiro atoms. The molecule has 2 rings (SSSR count). The molecule has 1 aromatic heterocycles. The Labute approximate surface area is 142 Å². The quantitative estimate of drug-likeness (QED) is 0.772. The molecule has 0 saturated heterocycles. The van der Waals surface area contributed by atoms with Gasteiger partial charge in [0, 0.05) is 7.05 Å². The minimum absolute atomic E-state index is 0.0686. The monoisotopic (exact) mass is 329 g/mol. The number of allylic oxidation sites excluding steroid dienone is 1. The largest absolute Gasteiger partial charge is 0.493 e. The van der Waals surface area contributed by atoms with Crippen LogP contribution in [0.15, 0.2) is 47.1 Å². The molecule has 0 aliphatic carbocycles. The zero-order valence-electron chi connectivity index (χ0n) is 14.5. The highest BCUT2D eigenvalue weighted by Gasteiger charge is 2.20. The minimum atomic E-state index is -0.157. The zero-order chi connectivity index (χ0) is 17.5. The first-order valence-electron chi connectivity index (χ1n) is 7.79. The fraction of sp³-hybridized carbons (Fsp3) is 0.316. The van der Waals surface area contributed by atoms with Gasteiger partial charge in [-0.25, -0.2) is 0 Å². The number of nitrogens with zero attached hydrogens (tertiary/aromatic N) is 1. The van der Waals surface area contributed by atoms with Crippen molar-refractivity contribution in [3.8, 4) is 11.5 Å². The van der Waals surface area contributed by atoms with Crippen molar-refractivity contribution in [1.29, 1.82) is 0 Å². The predicted molar refractivity (Wildman–Crippen MR) is 93.1 cm³/mol. The second-order valence-electron chi connectivity index (χ2n) is 5.40. The summed E-state index contributed by atoms with van der Waals surface area (Å²) in [4.78, 5) is 13.9. The van der Waals surface area contributed by atoms with E-state index in [2.05, 4.69) is 0 Å². The number of benzene rings is 1. The standard InChI is InChI=1S/C19H23NO4/c1-5-7-15-9-10-17(18(12-15)22-4)24-13-19(21)20(3)14(2)16-8-6-11-23-16/h5-12,14H,13H2,1-4H3/b7-5+. The average molecular weight is 329 g/mol. The number of rotatable bonds is 7. The molecule has 0 fully saturated rings. The number of likely N-dealkylation sites (N-methyl/N-ethyl adjacent to an activating group) is 1. The maximum atomic E-state index is 12.3. The summed E-state index contributed by atoms with van der Waals surface area (Å²) in [5.41, 5.74) is 1.01. The van der Waals surface area contributed by atoms with Crippen LogP contribution in [0.5, 0.6) is 11.5 Å². The van der Waals surface area contributed by atoms with Crippen LogP contribution in [0.3, 0.4) is 0 Å². The van der Waals surface area contributed by atoms with E-state index in [0.717, 1.165) is 11.3 Å². The smallest absolute Gasteiger partial charge is 0.260 e. The Hall–Kier alpha value is -2.69. The van der Waals surface area contributed by atoms with E-state index in [1.165, 1.54) is 0 Å². The van der Waals surface area contributed by atoms with Crippen molar-refractivity contribution < 1.29 is 18.7 Å². The fourth-order valence-corrected chi connectivity index (χ4v) is 2.28. The minimum Gasteiger partial charge on any atom is -0.493 e. The van der Waals surface area contributed by atoms with E-state index < -0.39 is 0 Å². The number of furan rings is 1. The molecule has 5 heteroatoms. The lowest BCUT2D eigenvalue weighted by Gasteiger charge is -2.23. The lowest BCUT2D eigenvalue weighted by molar-refractivity contribution is -0.134.